The van der Waals surface area contributed by atoms with Crippen LogP contribution in [0.5, 0.6) is 0 Å². The summed E-state index contributed by atoms with van der Waals surface area (Å²) in [6.07, 6.45) is 0. The Hall–Kier alpha value is -1.14. The molecule has 124 valence electrons. The molecule has 0 aliphatic rings. The molecule has 0 saturated carbocycles. The van der Waals surface area contributed by atoms with Crippen LogP contribution in [0.1, 0.15) is 24.1 Å². The van der Waals surface area contributed by atoms with E-state index in [0.717, 1.165) is 0 Å². The lowest BCUT2D eigenvalue weighted by Gasteiger charge is -2.25. The van der Waals surface area contributed by atoms with Crippen molar-refractivity contribution in [3.05, 3.63) is 69.5 Å². The van der Waals surface area contributed by atoms with Gasteiger partial charge in [0.25, 0.3) is 0 Å². The molecule has 0 aliphatic heterocycles. The molecule has 3 nitrogen and oxygen atoms in total. The Kier molecular flexibility index (Phi) is 5.68. The molecule has 2 aromatic carbocycles. The second kappa shape index (κ2) is 7.18. The highest BCUT2D eigenvalue weighted by molar-refractivity contribution is 7.88. The molecule has 1 atom stereocenters. The van der Waals surface area contributed by atoms with Gasteiger partial charge in [-0.15, -0.1) is 0 Å². The summed E-state index contributed by atoms with van der Waals surface area (Å²) in [5.41, 5.74) is 1.05. The van der Waals surface area contributed by atoms with E-state index in [4.69, 9.17) is 23.2 Å². The highest BCUT2D eigenvalue weighted by Gasteiger charge is 2.26. The fraction of sp³-hybridized carbons (Fsp3) is 0.250. The normalized spacial score (nSPS) is 13.3. The van der Waals surface area contributed by atoms with Gasteiger partial charge in [0.15, 0.2) is 0 Å². The van der Waals surface area contributed by atoms with Crippen molar-refractivity contribution < 1.29 is 12.8 Å². The molecule has 0 bridgehead atoms. The minimum Gasteiger partial charge on any atom is -0.212 e. The van der Waals surface area contributed by atoms with Crippen LogP contribution < -0.4 is 0 Å². The number of sulfonamides is 1. The predicted molar refractivity (Wildman–Crippen MR) is 91.7 cm³/mol. The Morgan fingerprint density at radius 1 is 1.17 bits per heavy atom. The number of benzene rings is 2. The van der Waals surface area contributed by atoms with Gasteiger partial charge in [-0.25, -0.2) is 12.8 Å². The quantitative estimate of drug-likeness (QED) is 0.762. The van der Waals surface area contributed by atoms with Gasteiger partial charge in [0.1, 0.15) is 5.82 Å². The van der Waals surface area contributed by atoms with E-state index < -0.39 is 21.9 Å². The molecule has 0 aromatic heterocycles. The third kappa shape index (κ3) is 4.44. The molecule has 0 heterocycles. The molecule has 2 rings (SSSR count). The molecule has 7 heteroatoms. The molecule has 1 unspecified atom stereocenters. The lowest BCUT2D eigenvalue weighted by molar-refractivity contribution is 0.398. The molecular weight excluding hydrogens is 360 g/mol. The van der Waals surface area contributed by atoms with Crippen molar-refractivity contribution in [2.45, 2.75) is 18.7 Å². The summed E-state index contributed by atoms with van der Waals surface area (Å²) in [6.45, 7) is 1.73. The SMILES string of the molecule is CC(c1ccc(Cl)cc1Cl)N(C)S(=O)(=O)Cc1cccc(F)c1. The molecule has 0 spiro atoms. The van der Waals surface area contributed by atoms with Crippen molar-refractivity contribution in [1.29, 1.82) is 0 Å². The zero-order valence-electron chi connectivity index (χ0n) is 12.6. The van der Waals surface area contributed by atoms with Crippen molar-refractivity contribution in [2.24, 2.45) is 0 Å². The van der Waals surface area contributed by atoms with Gasteiger partial charge in [0, 0.05) is 23.1 Å². The maximum absolute atomic E-state index is 13.2. The van der Waals surface area contributed by atoms with Crippen molar-refractivity contribution in [3.63, 3.8) is 0 Å². The Bertz CT molecular complexity index is 811. The number of hydrogen-bond donors (Lipinski definition) is 0. The van der Waals surface area contributed by atoms with Crippen molar-refractivity contribution in [3.8, 4) is 0 Å². The van der Waals surface area contributed by atoms with Gasteiger partial charge in [-0.1, -0.05) is 41.4 Å². The monoisotopic (exact) mass is 375 g/mol. The van der Waals surface area contributed by atoms with Gasteiger partial charge in [-0.3, -0.25) is 0 Å². The van der Waals surface area contributed by atoms with E-state index in [2.05, 4.69) is 0 Å². The lowest BCUT2D eigenvalue weighted by Crippen LogP contribution is -2.31. The average molecular weight is 376 g/mol. The maximum Gasteiger partial charge on any atom is 0.218 e. The molecule has 0 N–H and O–H groups in total. The highest BCUT2D eigenvalue weighted by atomic mass is 35.5. The van der Waals surface area contributed by atoms with Gasteiger partial charge in [0.2, 0.25) is 10.0 Å². The summed E-state index contributed by atoms with van der Waals surface area (Å²) in [5.74, 6) is -0.745. The van der Waals surface area contributed by atoms with Gasteiger partial charge in [0.05, 0.1) is 5.75 Å². The van der Waals surface area contributed by atoms with Crippen LogP contribution in [0.3, 0.4) is 0 Å². The topological polar surface area (TPSA) is 37.4 Å². The summed E-state index contributed by atoms with van der Waals surface area (Å²) in [5, 5.41) is 0.883. The highest BCUT2D eigenvalue weighted by Crippen LogP contribution is 2.31. The first kappa shape index (κ1) is 18.2. The zero-order chi connectivity index (χ0) is 17.2. The van der Waals surface area contributed by atoms with Gasteiger partial charge in [-0.05, 0) is 42.3 Å². The smallest absolute Gasteiger partial charge is 0.212 e. The standard InChI is InChI=1S/C16H16Cl2FNO2S/c1-11(15-7-6-13(17)9-16(15)18)20(2)23(21,22)10-12-4-3-5-14(19)8-12/h3-9,11H,10H2,1-2H3. The largest absolute Gasteiger partial charge is 0.218 e. The molecule has 2 aromatic rings. The Morgan fingerprint density at radius 2 is 1.87 bits per heavy atom. The van der Waals surface area contributed by atoms with Gasteiger partial charge < -0.3 is 0 Å². The maximum atomic E-state index is 13.2. The summed E-state index contributed by atoms with van der Waals surface area (Å²) < 4.78 is 39.5. The second-order valence-electron chi connectivity index (χ2n) is 5.24. The molecule has 0 aliphatic carbocycles. The molecule has 0 saturated heterocycles. The molecule has 23 heavy (non-hydrogen) atoms. The van der Waals surface area contributed by atoms with Crippen LogP contribution in [0.25, 0.3) is 0 Å². The number of hydrogen-bond acceptors (Lipinski definition) is 2. The lowest BCUT2D eigenvalue weighted by atomic mass is 10.1. The molecule has 0 radical (unpaired) electrons. The van der Waals surface area contributed by atoms with E-state index in [-0.39, 0.29) is 5.75 Å². The van der Waals surface area contributed by atoms with Crippen LogP contribution in [0.4, 0.5) is 4.39 Å². The number of nitrogens with zero attached hydrogens (tertiary/aromatic N) is 1. The minimum absolute atomic E-state index is 0.281. The van der Waals surface area contributed by atoms with Crippen molar-refractivity contribution in [2.75, 3.05) is 7.05 Å². The first-order chi connectivity index (χ1) is 10.7. The molecular formula is C16H16Cl2FNO2S. The van der Waals surface area contributed by atoms with Crippen LogP contribution in [0.2, 0.25) is 10.0 Å². The summed E-state index contributed by atoms with van der Waals surface area (Å²) in [4.78, 5) is 0. The fourth-order valence-electron chi connectivity index (χ4n) is 2.22. The first-order valence-electron chi connectivity index (χ1n) is 6.86. The average Bonchev–Trinajstić information content (AvgIpc) is 2.45. The third-order valence-corrected chi connectivity index (χ3v) is 6.09. The Morgan fingerprint density at radius 3 is 2.48 bits per heavy atom. The molecule has 0 fully saturated rings. The van der Waals surface area contributed by atoms with Crippen LogP contribution in [-0.2, 0) is 15.8 Å². The summed E-state index contributed by atoms with van der Waals surface area (Å²) in [7, 11) is -2.15. The van der Waals surface area contributed by atoms with Crippen LogP contribution in [0, 0.1) is 5.82 Å². The zero-order valence-corrected chi connectivity index (χ0v) is 15.0. The van der Waals surface area contributed by atoms with Gasteiger partial charge in [-0.2, -0.15) is 4.31 Å². The Balaban J connectivity index is 2.25. The van der Waals surface area contributed by atoms with E-state index in [1.807, 2.05) is 0 Å². The van der Waals surface area contributed by atoms with Crippen LogP contribution >= 0.6 is 23.2 Å². The van der Waals surface area contributed by atoms with Crippen LogP contribution in [0.15, 0.2) is 42.5 Å². The van der Waals surface area contributed by atoms with E-state index in [9.17, 15) is 12.8 Å². The number of halogens is 3. The first-order valence-corrected chi connectivity index (χ1v) is 9.22. The Labute approximate surface area is 145 Å². The van der Waals surface area contributed by atoms with Crippen molar-refractivity contribution >= 4 is 33.2 Å². The van der Waals surface area contributed by atoms with Crippen molar-refractivity contribution in [1.82, 2.24) is 4.31 Å². The van der Waals surface area contributed by atoms with Crippen LogP contribution in [-0.4, -0.2) is 19.8 Å². The van der Waals surface area contributed by atoms with Gasteiger partial charge >= 0.3 is 0 Å². The fourth-order valence-corrected chi connectivity index (χ4v) is 4.18. The van der Waals surface area contributed by atoms with E-state index in [1.165, 1.54) is 29.6 Å². The number of rotatable bonds is 5. The third-order valence-electron chi connectivity index (χ3n) is 3.63. The van der Waals surface area contributed by atoms with E-state index in [0.29, 0.717) is 21.2 Å². The predicted octanol–water partition coefficient (Wildman–Crippen LogP) is 4.66. The summed E-state index contributed by atoms with van der Waals surface area (Å²) >= 11 is 12.0. The summed E-state index contributed by atoms with van der Waals surface area (Å²) in [6, 6.07) is 10.0. The van der Waals surface area contributed by atoms with E-state index >= 15 is 0 Å². The minimum atomic E-state index is -3.63. The van der Waals surface area contributed by atoms with E-state index in [1.54, 1.807) is 31.2 Å². The molecule has 0 amide bonds. The second-order valence-corrected chi connectivity index (χ2v) is 8.12.